The summed E-state index contributed by atoms with van der Waals surface area (Å²) in [4.78, 5) is 13.3. The SMILES string of the molecule is COCCSc1ccccc1C(=O)NCc1ccccc1. The molecule has 1 amide bonds. The van der Waals surface area contributed by atoms with Crippen LogP contribution in [-0.2, 0) is 11.3 Å². The Morgan fingerprint density at radius 1 is 1.10 bits per heavy atom. The molecule has 0 bridgehead atoms. The molecule has 0 fully saturated rings. The minimum Gasteiger partial charge on any atom is -0.384 e. The molecule has 2 rings (SSSR count). The van der Waals surface area contributed by atoms with Gasteiger partial charge in [0.15, 0.2) is 0 Å². The second kappa shape index (κ2) is 8.49. The van der Waals surface area contributed by atoms with Gasteiger partial charge in [0.25, 0.3) is 5.91 Å². The average molecular weight is 301 g/mol. The minimum absolute atomic E-state index is 0.0423. The molecule has 0 aliphatic carbocycles. The third-order valence-corrected chi connectivity index (χ3v) is 4.01. The first-order valence-corrected chi connectivity index (χ1v) is 7.82. The van der Waals surface area contributed by atoms with Gasteiger partial charge in [-0.05, 0) is 17.7 Å². The summed E-state index contributed by atoms with van der Waals surface area (Å²) in [5, 5.41) is 2.96. The zero-order chi connectivity index (χ0) is 14.9. The lowest BCUT2D eigenvalue weighted by atomic mass is 10.2. The number of hydrogen-bond donors (Lipinski definition) is 1. The van der Waals surface area contributed by atoms with E-state index in [0.29, 0.717) is 13.2 Å². The number of hydrogen-bond acceptors (Lipinski definition) is 3. The summed E-state index contributed by atoms with van der Waals surface area (Å²) in [5.41, 5.74) is 1.81. The number of amides is 1. The topological polar surface area (TPSA) is 38.3 Å². The summed E-state index contributed by atoms with van der Waals surface area (Å²) < 4.78 is 5.05. The van der Waals surface area contributed by atoms with Crippen molar-refractivity contribution in [3.05, 3.63) is 65.7 Å². The minimum atomic E-state index is -0.0423. The maximum Gasteiger partial charge on any atom is 0.252 e. The summed E-state index contributed by atoms with van der Waals surface area (Å²) in [6.45, 7) is 1.21. The summed E-state index contributed by atoms with van der Waals surface area (Å²) in [6, 6.07) is 17.6. The molecule has 110 valence electrons. The van der Waals surface area contributed by atoms with Crippen LogP contribution in [0.25, 0.3) is 0 Å². The molecular weight excluding hydrogens is 282 g/mol. The molecule has 0 heterocycles. The number of nitrogens with one attached hydrogen (secondary N) is 1. The van der Waals surface area contributed by atoms with Crippen LogP contribution in [0.2, 0.25) is 0 Å². The van der Waals surface area contributed by atoms with E-state index in [0.717, 1.165) is 21.8 Å². The third kappa shape index (κ3) is 4.92. The third-order valence-electron chi connectivity index (χ3n) is 2.97. The van der Waals surface area contributed by atoms with Gasteiger partial charge in [-0.25, -0.2) is 0 Å². The highest BCUT2D eigenvalue weighted by molar-refractivity contribution is 7.99. The van der Waals surface area contributed by atoms with Gasteiger partial charge in [0.1, 0.15) is 0 Å². The zero-order valence-electron chi connectivity index (χ0n) is 12.0. The van der Waals surface area contributed by atoms with E-state index in [1.54, 1.807) is 18.9 Å². The van der Waals surface area contributed by atoms with Crippen molar-refractivity contribution in [2.45, 2.75) is 11.4 Å². The van der Waals surface area contributed by atoms with E-state index in [4.69, 9.17) is 4.74 Å². The molecule has 0 atom stereocenters. The molecule has 0 unspecified atom stereocenters. The van der Waals surface area contributed by atoms with E-state index in [2.05, 4.69) is 5.32 Å². The smallest absolute Gasteiger partial charge is 0.252 e. The maximum atomic E-state index is 12.3. The second-order valence-corrected chi connectivity index (χ2v) is 5.64. The lowest BCUT2D eigenvalue weighted by Gasteiger charge is -2.10. The number of carbonyl (C=O) groups is 1. The van der Waals surface area contributed by atoms with Crippen molar-refractivity contribution in [2.75, 3.05) is 19.5 Å². The van der Waals surface area contributed by atoms with Gasteiger partial charge in [0.05, 0.1) is 12.2 Å². The Kier molecular flexibility index (Phi) is 6.31. The standard InChI is InChI=1S/C17H19NO2S/c1-20-11-12-21-16-10-6-5-9-15(16)17(19)18-13-14-7-3-2-4-8-14/h2-10H,11-13H2,1H3,(H,18,19). The van der Waals surface area contributed by atoms with Crippen LogP contribution in [0, 0.1) is 0 Å². The van der Waals surface area contributed by atoms with Crippen LogP contribution >= 0.6 is 11.8 Å². The van der Waals surface area contributed by atoms with Crippen molar-refractivity contribution >= 4 is 17.7 Å². The molecule has 0 radical (unpaired) electrons. The number of rotatable bonds is 7. The van der Waals surface area contributed by atoms with Crippen LogP contribution in [-0.4, -0.2) is 25.4 Å². The predicted molar refractivity (Wildman–Crippen MR) is 86.7 cm³/mol. The van der Waals surface area contributed by atoms with Crippen LogP contribution < -0.4 is 5.32 Å². The predicted octanol–water partition coefficient (Wildman–Crippen LogP) is 3.36. The van der Waals surface area contributed by atoms with E-state index in [9.17, 15) is 4.79 Å². The molecule has 0 aromatic heterocycles. The van der Waals surface area contributed by atoms with Crippen molar-refractivity contribution < 1.29 is 9.53 Å². The van der Waals surface area contributed by atoms with Gasteiger partial charge in [-0.2, -0.15) is 0 Å². The molecule has 4 heteroatoms. The van der Waals surface area contributed by atoms with Crippen LogP contribution in [0.1, 0.15) is 15.9 Å². The van der Waals surface area contributed by atoms with Crippen LogP contribution in [0.15, 0.2) is 59.5 Å². The summed E-state index contributed by atoms with van der Waals surface area (Å²) >= 11 is 1.64. The molecule has 1 N–H and O–H groups in total. The maximum absolute atomic E-state index is 12.3. The first-order valence-electron chi connectivity index (χ1n) is 6.84. The fourth-order valence-electron chi connectivity index (χ4n) is 1.89. The summed E-state index contributed by atoms with van der Waals surface area (Å²) in [7, 11) is 1.68. The lowest BCUT2D eigenvalue weighted by Crippen LogP contribution is -2.23. The quantitative estimate of drug-likeness (QED) is 0.629. The monoisotopic (exact) mass is 301 g/mol. The van der Waals surface area contributed by atoms with Crippen molar-refractivity contribution in [3.63, 3.8) is 0 Å². The van der Waals surface area contributed by atoms with Gasteiger partial charge in [-0.3, -0.25) is 4.79 Å². The molecule has 2 aromatic rings. The highest BCUT2D eigenvalue weighted by Gasteiger charge is 2.10. The Hall–Kier alpha value is -1.78. The lowest BCUT2D eigenvalue weighted by molar-refractivity contribution is 0.0948. The zero-order valence-corrected chi connectivity index (χ0v) is 12.9. The Morgan fingerprint density at radius 2 is 1.81 bits per heavy atom. The molecule has 0 spiro atoms. The first-order chi connectivity index (χ1) is 10.3. The van der Waals surface area contributed by atoms with Gasteiger partial charge in [0.2, 0.25) is 0 Å². The van der Waals surface area contributed by atoms with Crippen molar-refractivity contribution in [2.24, 2.45) is 0 Å². The molecule has 21 heavy (non-hydrogen) atoms. The van der Waals surface area contributed by atoms with Crippen LogP contribution in [0.5, 0.6) is 0 Å². The van der Waals surface area contributed by atoms with E-state index in [1.807, 2.05) is 54.6 Å². The molecule has 3 nitrogen and oxygen atoms in total. The Balaban J connectivity index is 1.98. The Morgan fingerprint density at radius 3 is 2.57 bits per heavy atom. The van der Waals surface area contributed by atoms with E-state index in [1.165, 1.54) is 0 Å². The molecule has 0 aliphatic heterocycles. The fourth-order valence-corrected chi connectivity index (χ4v) is 2.85. The van der Waals surface area contributed by atoms with E-state index >= 15 is 0 Å². The number of methoxy groups -OCH3 is 1. The average Bonchev–Trinajstić information content (AvgIpc) is 2.54. The van der Waals surface area contributed by atoms with Gasteiger partial charge in [0, 0.05) is 24.3 Å². The molecule has 2 aromatic carbocycles. The molecule has 0 saturated heterocycles. The van der Waals surface area contributed by atoms with Gasteiger partial charge in [-0.1, -0.05) is 42.5 Å². The second-order valence-electron chi connectivity index (χ2n) is 4.51. The Bertz CT molecular complexity index is 572. The van der Waals surface area contributed by atoms with Crippen LogP contribution in [0.4, 0.5) is 0 Å². The Labute approximate surface area is 129 Å². The molecular formula is C17H19NO2S. The number of carbonyl (C=O) groups excluding carboxylic acids is 1. The van der Waals surface area contributed by atoms with Crippen molar-refractivity contribution in [3.8, 4) is 0 Å². The first kappa shape index (κ1) is 15.6. The van der Waals surface area contributed by atoms with E-state index < -0.39 is 0 Å². The molecule has 0 aliphatic rings. The fraction of sp³-hybridized carbons (Fsp3) is 0.235. The molecule has 0 saturated carbocycles. The number of thioether (sulfide) groups is 1. The normalized spacial score (nSPS) is 10.3. The van der Waals surface area contributed by atoms with Gasteiger partial charge >= 0.3 is 0 Å². The summed E-state index contributed by atoms with van der Waals surface area (Å²) in [5.74, 6) is 0.791. The van der Waals surface area contributed by atoms with Crippen molar-refractivity contribution in [1.82, 2.24) is 5.32 Å². The van der Waals surface area contributed by atoms with Crippen LogP contribution in [0.3, 0.4) is 0 Å². The van der Waals surface area contributed by atoms with Gasteiger partial charge in [-0.15, -0.1) is 11.8 Å². The number of ether oxygens (including phenoxy) is 1. The number of benzene rings is 2. The highest BCUT2D eigenvalue weighted by atomic mass is 32.2. The highest BCUT2D eigenvalue weighted by Crippen LogP contribution is 2.22. The van der Waals surface area contributed by atoms with E-state index in [-0.39, 0.29) is 5.91 Å². The largest absolute Gasteiger partial charge is 0.384 e. The van der Waals surface area contributed by atoms with Crippen molar-refractivity contribution in [1.29, 1.82) is 0 Å². The summed E-state index contributed by atoms with van der Waals surface area (Å²) in [6.07, 6.45) is 0. The van der Waals surface area contributed by atoms with Gasteiger partial charge < -0.3 is 10.1 Å².